The van der Waals surface area contributed by atoms with Crippen LogP contribution in [0.5, 0.6) is 5.75 Å². The van der Waals surface area contributed by atoms with Gasteiger partial charge in [0.1, 0.15) is 34.6 Å². The van der Waals surface area contributed by atoms with E-state index < -0.39 is 206 Å². The van der Waals surface area contributed by atoms with Crippen LogP contribution in [0.2, 0.25) is 0 Å². The van der Waals surface area contributed by atoms with Crippen molar-refractivity contribution in [2.24, 2.45) is 35.3 Å². The summed E-state index contributed by atoms with van der Waals surface area (Å²) in [5.74, 6) is -15.0. The number of thioether (sulfide) groups is 1. The lowest BCUT2D eigenvalue weighted by molar-refractivity contribution is -0.144. The highest BCUT2D eigenvalue weighted by molar-refractivity contribution is 7.99. The number of nitrogens with zero attached hydrogens (tertiary/aromatic N) is 5. The number of fused-ring (bicyclic) bond motifs is 5. The van der Waals surface area contributed by atoms with Gasteiger partial charge in [0.25, 0.3) is 0 Å². The number of nitrogens with one attached hydrogen (secondary N) is 7. The number of carbonyl (C=O) groups is 12. The Morgan fingerprint density at radius 2 is 1.52 bits per heavy atom. The van der Waals surface area contributed by atoms with Crippen LogP contribution in [0.25, 0.3) is 10.9 Å². The maximum absolute atomic E-state index is 15.5. The number of piperidine rings is 1. The predicted molar refractivity (Wildman–Crippen MR) is 372 cm³/mol. The van der Waals surface area contributed by atoms with Crippen LogP contribution >= 0.6 is 11.8 Å². The van der Waals surface area contributed by atoms with Crippen molar-refractivity contribution in [3.63, 3.8) is 0 Å². The highest BCUT2D eigenvalue weighted by Crippen LogP contribution is 2.39. The van der Waals surface area contributed by atoms with E-state index in [-0.39, 0.29) is 66.7 Å². The number of hydrogen-bond acceptors (Lipinski definition) is 24. The van der Waals surface area contributed by atoms with Gasteiger partial charge in [0.05, 0.1) is 158 Å². The second kappa shape index (κ2) is 41.0. The molecule has 2 saturated heterocycles. The fraction of sp³-hybridized carbons (Fsp3) is 0.672. The van der Waals surface area contributed by atoms with E-state index in [1.807, 2.05) is 0 Å². The second-order valence-corrected chi connectivity index (χ2v) is 29.2. The van der Waals surface area contributed by atoms with Gasteiger partial charge in [0.15, 0.2) is 11.6 Å². The summed E-state index contributed by atoms with van der Waals surface area (Å²) in [6, 6.07) is -3.68. The molecule has 35 nitrogen and oxygen atoms in total. The van der Waals surface area contributed by atoms with Gasteiger partial charge in [0.2, 0.25) is 53.2 Å². The molecule has 2 bridgehead atoms. The molecule has 6 heterocycles. The monoisotopic (exact) mass is 1500 g/mol. The Hall–Kier alpha value is -8.04. The third-order valence-electron chi connectivity index (χ3n) is 18.9. The molecule has 4 aliphatic rings. The Kier molecular flexibility index (Phi) is 32.8. The maximum Gasteiger partial charge on any atom is 0.306 e. The van der Waals surface area contributed by atoms with E-state index in [2.05, 4.69) is 47.2 Å². The number of methoxy groups -OCH3 is 1. The summed E-state index contributed by atoms with van der Waals surface area (Å²) in [4.78, 5) is 171. The topological polar surface area (TPSA) is 500 Å². The Labute approximate surface area is 607 Å². The third kappa shape index (κ3) is 24.3. The first-order valence-electron chi connectivity index (χ1n) is 34.9. The van der Waals surface area contributed by atoms with E-state index in [1.54, 1.807) is 53.5 Å². The fourth-order valence-electron chi connectivity index (χ4n) is 12.6. The van der Waals surface area contributed by atoms with Crippen molar-refractivity contribution >= 4 is 104 Å². The molecule has 4 aliphatic heterocycles. The van der Waals surface area contributed by atoms with Crippen molar-refractivity contribution in [2.75, 3.05) is 105 Å². The van der Waals surface area contributed by atoms with E-state index in [1.165, 1.54) is 21.0 Å². The number of amides is 9. The van der Waals surface area contributed by atoms with Gasteiger partial charge >= 0.3 is 5.97 Å². The summed E-state index contributed by atoms with van der Waals surface area (Å²) in [6.45, 7) is 7.34. The van der Waals surface area contributed by atoms with Crippen molar-refractivity contribution in [3.8, 4) is 5.75 Å². The number of hydrogen-bond donors (Lipinski definition) is 12. The number of nitrogens with two attached hydrogens (primary N) is 1. The zero-order valence-electron chi connectivity index (χ0n) is 59.2. The first-order chi connectivity index (χ1) is 49.7. The van der Waals surface area contributed by atoms with Crippen molar-refractivity contribution in [1.29, 1.82) is 0 Å². The number of aliphatic hydroxyl groups excluding tert-OH is 3. The molecule has 0 saturated carbocycles. The highest BCUT2D eigenvalue weighted by atomic mass is 32.2. The average molecular weight is 1500 g/mol. The van der Waals surface area contributed by atoms with Gasteiger partial charge in [-0.3, -0.25) is 61.7 Å². The molecule has 1 aromatic carbocycles. The summed E-state index contributed by atoms with van der Waals surface area (Å²) >= 11 is 1.57. The number of carboxylic acids is 1. The molecule has 9 amide bonds. The van der Waals surface area contributed by atoms with Gasteiger partial charge in [-0.2, -0.15) is 11.8 Å². The normalized spacial score (nSPS) is 23.5. The smallest absolute Gasteiger partial charge is 0.306 e. The molecule has 37 heteroatoms. The van der Waals surface area contributed by atoms with E-state index in [0.717, 1.165) is 4.90 Å². The number of carboxylic acid groups (broad SMARTS) is 1. The molecule has 13 N–H and O–H groups in total. The van der Waals surface area contributed by atoms with Gasteiger partial charge in [-0.15, -0.1) is 5.10 Å². The van der Waals surface area contributed by atoms with E-state index >= 15 is 9.00 Å². The van der Waals surface area contributed by atoms with Gasteiger partial charge in [-0.25, -0.2) is 4.68 Å². The molecule has 2 unspecified atom stereocenters. The number of primary amides is 1. The molecule has 12 atom stereocenters. The number of aliphatic hydroxyl groups is 3. The number of carbonyl (C=O) groups excluding carboxylic acids is 11. The standard InChI is InChI=1S/C67H99N13O22S2/c1-6-37(2)46-26-42(82)30-70-61(90)40-24-47-45-7-8-54(98-5)48(35-103-44-9-12-78(13-10-44)58(89)11-15-99-17-19-101-21-22-102-20-18-100-16-14-79-32-41(76-77-79)29-69-56(87)23-38(3)67(95)96)60(45)75-65(47)104(97)36-50(72-57(88)31-71-62(46)91)63(92)73-49(28-55(68)86)66(94)80-33-43(83)27-51(80)64(93)74-59(52(84)25-40)39(4)53(85)34-81/h7-8,32,37-40,43-44,46,49-51,53,59,75,81,83,85H,6,9-31,33-36H2,1-5H3,(H2,68,86)(H,69,87)(H,70,90)(H,71,91)(H,72,88)(H,73,92)(H,74,93)(H,95,96)/t37-,38?,39-,40+,43+,46-,49-,50-,51-,53-,59-,104?/m0/s1. The van der Waals surface area contributed by atoms with Crippen LogP contribution < -0.4 is 42.4 Å². The predicted octanol–water partition coefficient (Wildman–Crippen LogP) is -2.74. The molecule has 3 aromatic rings. The SMILES string of the molecule is CC[C@H](C)[C@@H]1CC(=O)CNC(=O)[C@H]2CC(=O)[C@H]([C@@H](C)[C@@H](O)CO)NC(=O)[C@@H]3C[C@@H](O)CN3C(=O)[C@H](CC(N)=O)NC(=O)[C@H](CS(=O)c3[nH]c4c(CSC5CCN(C(=O)CCOCCOCCOCCOCCn6cc(CNC(=O)CC(C)C(=O)O)nn6)CC5)c(OC)ccc4c3C2)NC(=O)CNC1=O. The second-order valence-electron chi connectivity index (χ2n) is 26.5. The molecule has 2 fully saturated rings. The van der Waals surface area contributed by atoms with Crippen LogP contribution in [0.1, 0.15) is 102 Å². The lowest BCUT2D eigenvalue weighted by Gasteiger charge is -2.32. The lowest BCUT2D eigenvalue weighted by Crippen LogP contribution is -2.60. The van der Waals surface area contributed by atoms with Crippen LogP contribution in [0.15, 0.2) is 23.4 Å². The molecule has 7 rings (SSSR count). The average Bonchev–Trinajstić information content (AvgIpc) is 1.61. The highest BCUT2D eigenvalue weighted by Gasteiger charge is 2.45. The Morgan fingerprint density at radius 3 is 2.17 bits per heavy atom. The Bertz CT molecular complexity index is 3530. The first-order valence-corrected chi connectivity index (χ1v) is 37.3. The third-order valence-corrected chi connectivity index (χ3v) is 21.7. The molecule has 104 heavy (non-hydrogen) atoms. The minimum Gasteiger partial charge on any atom is -0.496 e. The number of benzene rings is 1. The van der Waals surface area contributed by atoms with E-state index in [9.17, 15) is 68.1 Å². The number of ether oxygens (including phenoxy) is 5. The van der Waals surface area contributed by atoms with Crippen LogP contribution in [0, 0.1) is 29.6 Å². The molecule has 0 aliphatic carbocycles. The van der Waals surface area contributed by atoms with Crippen LogP contribution in [0.4, 0.5) is 0 Å². The minimum atomic E-state index is -2.43. The van der Waals surface area contributed by atoms with Crippen molar-refractivity contribution < 1.29 is 106 Å². The zero-order valence-corrected chi connectivity index (χ0v) is 60.9. The molecular weight excluding hydrogens is 1400 g/mol. The number of rotatable bonds is 31. The van der Waals surface area contributed by atoms with Gasteiger partial charge in [-0.05, 0) is 42.9 Å². The summed E-state index contributed by atoms with van der Waals surface area (Å²) < 4.78 is 45.5. The quantitative estimate of drug-likeness (QED) is 0.0291. The number of likely N-dealkylation sites (tertiary alicyclic amines) is 1. The van der Waals surface area contributed by atoms with Crippen LogP contribution in [-0.4, -0.2) is 272 Å². The number of Topliss-reactive ketones (excluding diaryl/α,β-unsaturated/α-hetero) is 2. The molecule has 0 radical (unpaired) electrons. The van der Waals surface area contributed by atoms with Gasteiger partial charge < -0.3 is 96.5 Å². The molecule has 0 spiro atoms. The summed E-state index contributed by atoms with van der Waals surface area (Å²) in [5.41, 5.74) is 7.27. The van der Waals surface area contributed by atoms with Gasteiger partial charge in [0, 0.05) is 85.0 Å². The first kappa shape index (κ1) is 83.2. The zero-order chi connectivity index (χ0) is 75.7. The van der Waals surface area contributed by atoms with Crippen molar-refractivity contribution in [3.05, 3.63) is 35.2 Å². The fourth-order valence-corrected chi connectivity index (χ4v) is 15.2. The number of aliphatic carboxylic acids is 1. The number of aromatic nitrogens is 4. The largest absolute Gasteiger partial charge is 0.496 e. The molecule has 2 aromatic heterocycles. The number of aromatic amines is 1. The lowest BCUT2D eigenvalue weighted by atomic mass is 9.85. The van der Waals surface area contributed by atoms with Gasteiger partial charge in [-0.1, -0.05) is 39.3 Å². The minimum absolute atomic E-state index is 0.0277. The van der Waals surface area contributed by atoms with E-state index in [0.29, 0.717) is 99.8 Å². The summed E-state index contributed by atoms with van der Waals surface area (Å²) in [5, 5.41) is 64.8. The summed E-state index contributed by atoms with van der Waals surface area (Å²) in [7, 11) is -0.974. The molecular formula is C67H99N13O22S2. The van der Waals surface area contributed by atoms with Crippen molar-refractivity contribution in [2.45, 2.75) is 157 Å². The maximum atomic E-state index is 15.5. The molecule has 576 valence electrons. The van der Waals surface area contributed by atoms with Crippen LogP contribution in [0.3, 0.4) is 0 Å². The van der Waals surface area contributed by atoms with E-state index in [4.69, 9.17) is 34.5 Å². The number of H-pyrrole nitrogens is 1. The Morgan fingerprint density at radius 1 is 0.846 bits per heavy atom. The van der Waals surface area contributed by atoms with Crippen molar-refractivity contribution in [1.82, 2.24) is 61.7 Å². The summed E-state index contributed by atoms with van der Waals surface area (Å²) in [6.07, 6.45) is -2.54. The van der Waals surface area contributed by atoms with Crippen LogP contribution in [-0.2, 0) is 113 Å². The Balaban J connectivity index is 1.03. The number of ketones is 2.